The molecule has 5 aromatic rings. The molecule has 0 saturated carbocycles. The third-order valence-electron chi connectivity index (χ3n) is 6.84. The molecule has 0 bridgehead atoms. The minimum Gasteiger partial charge on any atom is -0.454 e. The summed E-state index contributed by atoms with van der Waals surface area (Å²) in [6.07, 6.45) is 0. The molecule has 31 heavy (non-hydrogen) atoms. The molecule has 1 aliphatic heterocycles. The second-order valence-electron chi connectivity index (χ2n) is 9.31. The van der Waals surface area contributed by atoms with Crippen LogP contribution >= 0.6 is 0 Å². The van der Waals surface area contributed by atoms with Gasteiger partial charge in [0.15, 0.2) is 5.58 Å². The van der Waals surface area contributed by atoms with Crippen LogP contribution in [-0.4, -0.2) is 22.9 Å². The molecule has 1 aliphatic rings. The first-order valence-electron chi connectivity index (χ1n) is 10.7. The van der Waals surface area contributed by atoms with Crippen LogP contribution in [0.3, 0.4) is 0 Å². The van der Waals surface area contributed by atoms with Crippen molar-refractivity contribution >= 4 is 45.6 Å². The predicted octanol–water partition coefficient (Wildman–Crippen LogP) is 5.83. The summed E-state index contributed by atoms with van der Waals surface area (Å²) < 4.78 is 21.3. The van der Waals surface area contributed by atoms with Gasteiger partial charge in [0.25, 0.3) is 0 Å². The second-order valence-corrected chi connectivity index (χ2v) is 9.31. The Labute approximate surface area is 181 Å². The van der Waals surface area contributed by atoms with Gasteiger partial charge in [0.05, 0.1) is 16.7 Å². The topological polar surface area (TPSA) is 36.5 Å². The van der Waals surface area contributed by atoms with Gasteiger partial charge in [-0.25, -0.2) is 0 Å². The van der Waals surface area contributed by atoms with Crippen molar-refractivity contribution in [3.8, 4) is 5.69 Å². The lowest BCUT2D eigenvalue weighted by atomic mass is 9.78. The Morgan fingerprint density at radius 2 is 1.42 bits per heavy atom. The second kappa shape index (κ2) is 6.25. The lowest BCUT2D eigenvalue weighted by Gasteiger charge is -2.32. The molecule has 3 heterocycles. The number of fused-ring (bicyclic) bond motifs is 5. The van der Waals surface area contributed by atoms with E-state index in [0.717, 1.165) is 44.1 Å². The molecule has 0 unspecified atom stereocenters. The highest BCUT2D eigenvalue weighted by Gasteiger charge is 2.51. The number of para-hydroxylation sites is 2. The fourth-order valence-corrected chi connectivity index (χ4v) is 4.46. The van der Waals surface area contributed by atoms with Gasteiger partial charge in [-0.2, -0.15) is 0 Å². The van der Waals surface area contributed by atoms with Crippen molar-refractivity contribution in [2.24, 2.45) is 0 Å². The van der Waals surface area contributed by atoms with Crippen molar-refractivity contribution in [2.75, 3.05) is 0 Å². The van der Waals surface area contributed by atoms with Gasteiger partial charge in [-0.05, 0) is 69.6 Å². The Kier molecular flexibility index (Phi) is 3.78. The summed E-state index contributed by atoms with van der Waals surface area (Å²) in [5.74, 6) is 0. The van der Waals surface area contributed by atoms with Crippen molar-refractivity contribution in [3.63, 3.8) is 0 Å². The van der Waals surface area contributed by atoms with Gasteiger partial charge in [-0.15, -0.1) is 0 Å². The molecule has 154 valence electrons. The molecule has 5 heteroatoms. The third-order valence-corrected chi connectivity index (χ3v) is 6.84. The summed E-state index contributed by atoms with van der Waals surface area (Å²) in [5.41, 5.74) is 5.32. The van der Waals surface area contributed by atoms with E-state index in [2.05, 4.69) is 86.9 Å². The Morgan fingerprint density at radius 1 is 0.742 bits per heavy atom. The molecule has 6 rings (SSSR count). The molecule has 2 aromatic heterocycles. The molecule has 0 spiro atoms. The first-order chi connectivity index (χ1) is 14.9. The zero-order valence-corrected chi connectivity index (χ0v) is 18.2. The Bertz CT molecular complexity index is 1430. The van der Waals surface area contributed by atoms with Gasteiger partial charge < -0.3 is 18.3 Å². The quantitative estimate of drug-likeness (QED) is 0.344. The highest BCUT2D eigenvalue weighted by Crippen LogP contribution is 2.40. The molecule has 1 saturated heterocycles. The number of hydrogen-bond acceptors (Lipinski definition) is 3. The van der Waals surface area contributed by atoms with Crippen LogP contribution in [0.4, 0.5) is 0 Å². The Balaban J connectivity index is 1.63. The van der Waals surface area contributed by atoms with Crippen molar-refractivity contribution in [2.45, 2.75) is 38.9 Å². The fourth-order valence-electron chi connectivity index (χ4n) is 4.46. The van der Waals surface area contributed by atoms with Crippen LogP contribution in [-0.2, 0) is 9.31 Å². The highest BCUT2D eigenvalue weighted by molar-refractivity contribution is 6.62. The number of nitrogens with zero attached hydrogens (tertiary/aromatic N) is 1. The minimum absolute atomic E-state index is 0.378. The molecule has 0 N–H and O–H groups in total. The van der Waals surface area contributed by atoms with Crippen molar-refractivity contribution in [3.05, 3.63) is 72.8 Å². The van der Waals surface area contributed by atoms with E-state index in [9.17, 15) is 0 Å². The summed E-state index contributed by atoms with van der Waals surface area (Å²) in [6, 6.07) is 25.0. The number of hydrogen-bond donors (Lipinski definition) is 0. The van der Waals surface area contributed by atoms with E-state index in [1.807, 2.05) is 18.2 Å². The third kappa shape index (κ3) is 2.63. The molecular formula is C26H24BNO3. The van der Waals surface area contributed by atoms with Gasteiger partial charge >= 0.3 is 7.12 Å². The lowest BCUT2D eigenvalue weighted by molar-refractivity contribution is 0.00578. The molecular weight excluding hydrogens is 385 g/mol. The van der Waals surface area contributed by atoms with E-state index in [1.54, 1.807) is 0 Å². The molecule has 0 radical (unpaired) electrons. The van der Waals surface area contributed by atoms with Crippen LogP contribution in [0.1, 0.15) is 27.7 Å². The molecule has 0 aliphatic carbocycles. The van der Waals surface area contributed by atoms with Crippen molar-refractivity contribution < 1.29 is 13.7 Å². The number of rotatable bonds is 2. The van der Waals surface area contributed by atoms with Gasteiger partial charge in [0.2, 0.25) is 0 Å². The zero-order valence-electron chi connectivity index (χ0n) is 18.2. The number of aromatic nitrogens is 1. The van der Waals surface area contributed by atoms with E-state index in [-0.39, 0.29) is 11.2 Å². The number of furan rings is 1. The standard InChI is InChI=1S/C26H24BNO3/c1-25(2)26(3,4)31-27(30-25)17-14-15-21-20(16-17)24-23(19-12-8-9-13-22(19)29-24)28(21)18-10-6-5-7-11-18/h5-16H,1-4H3. The number of benzene rings is 3. The minimum atomic E-state index is -0.408. The Morgan fingerprint density at radius 3 is 2.16 bits per heavy atom. The smallest absolute Gasteiger partial charge is 0.454 e. The summed E-state index contributed by atoms with van der Waals surface area (Å²) in [7, 11) is -0.408. The monoisotopic (exact) mass is 409 g/mol. The van der Waals surface area contributed by atoms with Crippen LogP contribution in [0.2, 0.25) is 0 Å². The zero-order chi connectivity index (χ0) is 21.4. The van der Waals surface area contributed by atoms with Crippen LogP contribution in [0.15, 0.2) is 77.2 Å². The van der Waals surface area contributed by atoms with Crippen LogP contribution in [0, 0.1) is 0 Å². The molecule has 0 amide bonds. The fraction of sp³-hybridized carbons (Fsp3) is 0.231. The summed E-state index contributed by atoms with van der Waals surface area (Å²) in [5, 5.41) is 2.16. The maximum absolute atomic E-state index is 6.36. The van der Waals surface area contributed by atoms with Crippen LogP contribution < -0.4 is 5.46 Å². The largest absolute Gasteiger partial charge is 0.494 e. The maximum atomic E-state index is 6.36. The average molecular weight is 409 g/mol. The van der Waals surface area contributed by atoms with Gasteiger partial charge in [-0.3, -0.25) is 0 Å². The van der Waals surface area contributed by atoms with Crippen LogP contribution in [0.25, 0.3) is 38.7 Å². The maximum Gasteiger partial charge on any atom is 0.494 e. The lowest BCUT2D eigenvalue weighted by Crippen LogP contribution is -2.41. The Hall–Kier alpha value is -3.02. The van der Waals surface area contributed by atoms with Crippen LogP contribution in [0.5, 0.6) is 0 Å². The summed E-state index contributed by atoms with van der Waals surface area (Å²) in [4.78, 5) is 0. The van der Waals surface area contributed by atoms with Crippen molar-refractivity contribution in [1.82, 2.24) is 4.57 Å². The van der Waals surface area contributed by atoms with Gasteiger partial charge in [-0.1, -0.05) is 36.4 Å². The van der Waals surface area contributed by atoms with Gasteiger partial charge in [0.1, 0.15) is 11.1 Å². The average Bonchev–Trinajstić information content (AvgIpc) is 3.34. The molecule has 0 atom stereocenters. The SMILES string of the molecule is CC1(C)OB(c2ccc3c(c2)c2oc4ccccc4c2n3-c2ccccc2)OC1(C)C. The first kappa shape index (κ1) is 18.7. The highest BCUT2D eigenvalue weighted by atomic mass is 16.7. The normalized spacial score (nSPS) is 17.9. The first-order valence-corrected chi connectivity index (χ1v) is 10.7. The van der Waals surface area contributed by atoms with E-state index in [1.165, 1.54) is 0 Å². The summed E-state index contributed by atoms with van der Waals surface area (Å²) >= 11 is 0. The van der Waals surface area contributed by atoms with E-state index >= 15 is 0 Å². The van der Waals surface area contributed by atoms with E-state index in [0.29, 0.717) is 0 Å². The van der Waals surface area contributed by atoms with Gasteiger partial charge in [0, 0.05) is 16.5 Å². The predicted molar refractivity (Wildman–Crippen MR) is 126 cm³/mol. The van der Waals surface area contributed by atoms with E-state index in [4.69, 9.17) is 13.7 Å². The molecule has 4 nitrogen and oxygen atoms in total. The molecule has 1 fully saturated rings. The summed E-state index contributed by atoms with van der Waals surface area (Å²) in [6.45, 7) is 8.31. The van der Waals surface area contributed by atoms with Crippen molar-refractivity contribution in [1.29, 1.82) is 0 Å². The molecule has 3 aromatic carbocycles. The van der Waals surface area contributed by atoms with E-state index < -0.39 is 7.12 Å².